The van der Waals surface area contributed by atoms with Crippen molar-refractivity contribution >= 4 is 35.0 Å². The lowest BCUT2D eigenvalue weighted by molar-refractivity contribution is -0.114. The van der Waals surface area contributed by atoms with Gasteiger partial charge in [-0.25, -0.2) is 22.0 Å². The Labute approximate surface area is 189 Å². The third-order valence-corrected chi connectivity index (χ3v) is 4.67. The molecule has 0 saturated heterocycles. The zero-order valence-corrected chi connectivity index (χ0v) is 17.7. The fourth-order valence-electron chi connectivity index (χ4n) is 2.96. The van der Waals surface area contributed by atoms with Crippen LogP contribution in [0.15, 0.2) is 22.8 Å². The predicted molar refractivity (Wildman–Crippen MR) is 109 cm³/mol. The normalized spacial score (nSPS) is 14.5. The summed E-state index contributed by atoms with van der Waals surface area (Å²) in [5.41, 5.74) is -1.46. The maximum atomic E-state index is 14.2. The van der Waals surface area contributed by atoms with Crippen LogP contribution < -0.4 is 14.5 Å². The molecule has 1 aliphatic rings. The summed E-state index contributed by atoms with van der Waals surface area (Å²) in [5, 5.41) is 12.5. The van der Waals surface area contributed by atoms with E-state index in [0.29, 0.717) is 0 Å². The average Bonchev–Trinajstić information content (AvgIpc) is 3.04. The highest BCUT2D eigenvalue weighted by Crippen LogP contribution is 2.38. The van der Waals surface area contributed by atoms with Crippen molar-refractivity contribution in [2.75, 3.05) is 18.2 Å². The molecule has 0 radical (unpaired) electrons. The van der Waals surface area contributed by atoms with Crippen LogP contribution in [0.25, 0.3) is 6.08 Å². The molecule has 2 aromatic carbocycles. The lowest BCUT2D eigenvalue weighted by atomic mass is 10.1. The topological polar surface area (TPSA) is 74.9 Å². The first-order valence-corrected chi connectivity index (χ1v) is 9.59. The van der Waals surface area contributed by atoms with E-state index in [2.05, 4.69) is 5.10 Å². The molecule has 172 valence electrons. The molecular formula is C21H13ClF5N3O3. The second kappa shape index (κ2) is 9.46. The van der Waals surface area contributed by atoms with Crippen molar-refractivity contribution in [3.05, 3.63) is 57.4 Å². The molecule has 12 heteroatoms. The molecule has 1 heterocycles. The maximum Gasteiger partial charge on any atom is 0.280 e. The largest absolute Gasteiger partial charge is 0.490 e. The monoisotopic (exact) mass is 485 g/mol. The van der Waals surface area contributed by atoms with Gasteiger partial charge in [0.2, 0.25) is 5.82 Å². The van der Waals surface area contributed by atoms with Crippen molar-refractivity contribution in [2.45, 2.75) is 13.8 Å². The molecule has 0 bridgehead atoms. The number of hydrazone groups is 1. The fourth-order valence-corrected chi connectivity index (χ4v) is 3.23. The predicted octanol–water partition coefficient (Wildman–Crippen LogP) is 5.14. The van der Waals surface area contributed by atoms with Crippen LogP contribution in [0.3, 0.4) is 0 Å². The molecule has 0 unspecified atom stereocenters. The van der Waals surface area contributed by atoms with Crippen molar-refractivity contribution in [3.63, 3.8) is 0 Å². The van der Waals surface area contributed by atoms with E-state index in [-0.39, 0.29) is 51.6 Å². The molecule has 0 saturated carbocycles. The van der Waals surface area contributed by atoms with Gasteiger partial charge in [-0.2, -0.15) is 15.4 Å². The quantitative estimate of drug-likeness (QED) is 0.246. The number of ether oxygens (including phenoxy) is 2. The van der Waals surface area contributed by atoms with Crippen molar-refractivity contribution in [3.8, 4) is 17.6 Å². The molecule has 1 amide bonds. The standard InChI is InChI=1S/C21H13ClF5N3O3/c1-3-32-13-8-10(7-12(22)20(13)33-5-4-28)6-11-9(2)29-30(21(11)31)19-17(26)15(24)14(23)16(25)18(19)27/h6-8H,3,5H2,1-2H3/b11-6+. The van der Waals surface area contributed by atoms with E-state index in [1.807, 2.05) is 0 Å². The van der Waals surface area contributed by atoms with Gasteiger partial charge in [0.1, 0.15) is 11.8 Å². The summed E-state index contributed by atoms with van der Waals surface area (Å²) in [6, 6.07) is 4.58. The number of nitriles is 1. The Hall–Kier alpha value is -3.65. The minimum absolute atomic E-state index is 0.0414. The molecule has 0 N–H and O–H groups in total. The molecule has 33 heavy (non-hydrogen) atoms. The number of hydrogen-bond donors (Lipinski definition) is 0. The Morgan fingerprint density at radius 2 is 1.70 bits per heavy atom. The summed E-state index contributed by atoms with van der Waals surface area (Å²) in [6.07, 6.45) is 1.25. The van der Waals surface area contributed by atoms with Gasteiger partial charge in [0.25, 0.3) is 5.91 Å². The van der Waals surface area contributed by atoms with Crippen LogP contribution in [0, 0.1) is 40.4 Å². The minimum atomic E-state index is -2.35. The van der Waals surface area contributed by atoms with Gasteiger partial charge < -0.3 is 9.47 Å². The van der Waals surface area contributed by atoms with Crippen LogP contribution in [0.5, 0.6) is 11.5 Å². The lowest BCUT2D eigenvalue weighted by Crippen LogP contribution is -2.25. The first kappa shape index (κ1) is 24.0. The summed E-state index contributed by atoms with van der Waals surface area (Å²) in [7, 11) is 0. The van der Waals surface area contributed by atoms with Crippen LogP contribution in [0.1, 0.15) is 19.4 Å². The van der Waals surface area contributed by atoms with Crippen molar-refractivity contribution in [1.82, 2.24) is 0 Å². The van der Waals surface area contributed by atoms with Gasteiger partial charge in [-0.15, -0.1) is 0 Å². The van der Waals surface area contributed by atoms with E-state index in [4.69, 9.17) is 26.3 Å². The summed E-state index contributed by atoms with van der Waals surface area (Å²) in [6.45, 7) is 2.91. The highest BCUT2D eigenvalue weighted by molar-refractivity contribution is 6.33. The Kier molecular flexibility index (Phi) is 6.88. The van der Waals surface area contributed by atoms with Gasteiger partial charge in [-0.3, -0.25) is 4.79 Å². The smallest absolute Gasteiger partial charge is 0.280 e. The number of amides is 1. The van der Waals surface area contributed by atoms with Gasteiger partial charge in [-0.1, -0.05) is 11.6 Å². The SMILES string of the molecule is CCOc1cc(/C=C2/C(=O)N(c3c(F)c(F)c(F)c(F)c3F)N=C2C)cc(Cl)c1OCC#N. The highest BCUT2D eigenvalue weighted by atomic mass is 35.5. The van der Waals surface area contributed by atoms with Crippen LogP contribution >= 0.6 is 11.6 Å². The van der Waals surface area contributed by atoms with Crippen molar-refractivity contribution < 1.29 is 36.2 Å². The molecule has 3 rings (SSSR count). The molecule has 0 aromatic heterocycles. The fraction of sp³-hybridized carbons (Fsp3) is 0.190. The third kappa shape index (κ3) is 4.34. The molecular weight excluding hydrogens is 473 g/mol. The minimum Gasteiger partial charge on any atom is -0.490 e. The Balaban J connectivity index is 2.06. The summed E-state index contributed by atoms with van der Waals surface area (Å²) < 4.78 is 79.6. The van der Waals surface area contributed by atoms with Crippen LogP contribution in [0.4, 0.5) is 27.6 Å². The van der Waals surface area contributed by atoms with E-state index in [9.17, 15) is 26.7 Å². The number of carbonyl (C=O) groups is 1. The number of carbonyl (C=O) groups excluding carboxylic acids is 1. The maximum absolute atomic E-state index is 14.2. The first-order chi connectivity index (χ1) is 15.6. The summed E-state index contributed by atoms with van der Waals surface area (Å²) in [5.74, 6) is -12.0. The lowest BCUT2D eigenvalue weighted by Gasteiger charge is -2.15. The van der Waals surface area contributed by atoms with E-state index in [0.717, 1.165) is 0 Å². The molecule has 2 aromatic rings. The zero-order valence-electron chi connectivity index (χ0n) is 17.0. The van der Waals surface area contributed by atoms with Crippen LogP contribution in [-0.4, -0.2) is 24.8 Å². The van der Waals surface area contributed by atoms with Crippen molar-refractivity contribution in [1.29, 1.82) is 5.26 Å². The summed E-state index contributed by atoms with van der Waals surface area (Å²) in [4.78, 5) is 12.8. The number of rotatable bonds is 6. The van der Waals surface area contributed by atoms with Gasteiger partial charge in [0.15, 0.2) is 41.4 Å². The first-order valence-electron chi connectivity index (χ1n) is 9.21. The van der Waals surface area contributed by atoms with Gasteiger partial charge in [0.05, 0.1) is 22.9 Å². The van der Waals surface area contributed by atoms with Crippen molar-refractivity contribution in [2.24, 2.45) is 5.10 Å². The number of nitrogens with zero attached hydrogens (tertiary/aromatic N) is 3. The molecule has 6 nitrogen and oxygen atoms in total. The Morgan fingerprint density at radius 3 is 2.27 bits per heavy atom. The van der Waals surface area contributed by atoms with E-state index < -0.39 is 40.7 Å². The number of hydrogen-bond acceptors (Lipinski definition) is 5. The molecule has 0 aliphatic carbocycles. The number of benzene rings is 2. The highest BCUT2D eigenvalue weighted by Gasteiger charge is 2.37. The Bertz CT molecular complexity index is 1230. The van der Waals surface area contributed by atoms with E-state index in [1.165, 1.54) is 25.1 Å². The van der Waals surface area contributed by atoms with E-state index in [1.54, 1.807) is 13.0 Å². The molecule has 0 atom stereocenters. The molecule has 0 fully saturated rings. The second-order valence-corrected chi connectivity index (χ2v) is 6.90. The van der Waals surface area contributed by atoms with Gasteiger partial charge in [0, 0.05) is 0 Å². The molecule has 1 aliphatic heterocycles. The molecule has 0 spiro atoms. The second-order valence-electron chi connectivity index (χ2n) is 6.49. The Morgan fingerprint density at radius 1 is 1.09 bits per heavy atom. The zero-order chi connectivity index (χ0) is 24.4. The van der Waals surface area contributed by atoms with Crippen LogP contribution in [-0.2, 0) is 4.79 Å². The van der Waals surface area contributed by atoms with Gasteiger partial charge in [-0.05, 0) is 37.6 Å². The number of halogens is 6. The van der Waals surface area contributed by atoms with Crippen LogP contribution in [0.2, 0.25) is 5.02 Å². The average molecular weight is 486 g/mol. The third-order valence-electron chi connectivity index (χ3n) is 4.38. The summed E-state index contributed by atoms with van der Waals surface area (Å²) >= 11 is 6.19. The van der Waals surface area contributed by atoms with E-state index >= 15 is 0 Å². The van der Waals surface area contributed by atoms with Gasteiger partial charge >= 0.3 is 0 Å². The number of anilines is 1.